The van der Waals surface area contributed by atoms with Crippen LogP contribution in [0.25, 0.3) is 5.76 Å². The number of hydrogen-bond acceptors (Lipinski definition) is 7. The SMILES string of the molecule is CCOc1ccc(/C(O)=C2\C(=O)C(=O)N(c3ccc(S(=O)(=O)NC(C)=O)cc3)C2c2cccc(F)c2)cc1. The van der Waals surface area contributed by atoms with Crippen molar-refractivity contribution in [2.45, 2.75) is 24.8 Å². The predicted molar refractivity (Wildman–Crippen MR) is 136 cm³/mol. The van der Waals surface area contributed by atoms with Gasteiger partial charge in [0.2, 0.25) is 5.91 Å². The number of aliphatic hydroxyl groups excluding tert-OH is 1. The molecule has 3 aromatic rings. The van der Waals surface area contributed by atoms with Crippen molar-refractivity contribution in [1.29, 1.82) is 0 Å². The Morgan fingerprint density at radius 1 is 1.05 bits per heavy atom. The van der Waals surface area contributed by atoms with Crippen molar-refractivity contribution in [2.24, 2.45) is 0 Å². The first kappa shape index (κ1) is 26.6. The molecule has 1 heterocycles. The fourth-order valence-electron chi connectivity index (χ4n) is 4.16. The van der Waals surface area contributed by atoms with E-state index < -0.39 is 45.2 Å². The molecule has 9 nitrogen and oxygen atoms in total. The van der Waals surface area contributed by atoms with Crippen LogP contribution in [0.15, 0.2) is 83.3 Å². The van der Waals surface area contributed by atoms with E-state index in [0.29, 0.717) is 12.4 Å². The number of amides is 2. The van der Waals surface area contributed by atoms with Crippen LogP contribution in [0, 0.1) is 5.82 Å². The Kier molecular flexibility index (Phi) is 7.31. The highest BCUT2D eigenvalue weighted by molar-refractivity contribution is 7.90. The topological polar surface area (TPSA) is 130 Å². The Bertz CT molecular complexity index is 1550. The Morgan fingerprint density at radius 3 is 2.29 bits per heavy atom. The minimum Gasteiger partial charge on any atom is -0.507 e. The van der Waals surface area contributed by atoms with Gasteiger partial charge in [0.25, 0.3) is 21.7 Å². The van der Waals surface area contributed by atoms with E-state index in [1.165, 1.54) is 42.5 Å². The summed E-state index contributed by atoms with van der Waals surface area (Å²) >= 11 is 0. The lowest BCUT2D eigenvalue weighted by Crippen LogP contribution is -2.30. The number of carbonyl (C=O) groups excluding carboxylic acids is 3. The number of rotatable bonds is 7. The predicted octanol–water partition coefficient (Wildman–Crippen LogP) is 3.68. The molecule has 1 atom stereocenters. The molecule has 1 fully saturated rings. The molecule has 2 amide bonds. The molecule has 0 saturated carbocycles. The molecule has 4 rings (SSSR count). The van der Waals surface area contributed by atoms with Gasteiger partial charge in [-0.15, -0.1) is 0 Å². The number of carbonyl (C=O) groups is 3. The number of anilines is 1. The lowest BCUT2D eigenvalue weighted by molar-refractivity contribution is -0.132. The average Bonchev–Trinajstić information content (AvgIpc) is 3.14. The summed E-state index contributed by atoms with van der Waals surface area (Å²) in [5, 5.41) is 11.2. The minimum atomic E-state index is -4.14. The molecule has 11 heteroatoms. The number of Topliss-reactive ketones (excluding diaryl/α,β-unsaturated/α-hetero) is 1. The van der Waals surface area contributed by atoms with Gasteiger partial charge in [-0.2, -0.15) is 0 Å². The van der Waals surface area contributed by atoms with Crippen LogP contribution in [-0.4, -0.2) is 37.7 Å². The number of ether oxygens (including phenoxy) is 1. The van der Waals surface area contributed by atoms with Crippen LogP contribution in [-0.2, 0) is 24.4 Å². The summed E-state index contributed by atoms with van der Waals surface area (Å²) in [6.07, 6.45) is 0. The van der Waals surface area contributed by atoms with Crippen LogP contribution in [0.3, 0.4) is 0 Å². The zero-order valence-corrected chi connectivity index (χ0v) is 21.2. The molecule has 196 valence electrons. The lowest BCUT2D eigenvalue weighted by Gasteiger charge is -2.25. The summed E-state index contributed by atoms with van der Waals surface area (Å²) in [5.41, 5.74) is 0.310. The maximum Gasteiger partial charge on any atom is 0.300 e. The number of aliphatic hydroxyl groups is 1. The maximum atomic E-state index is 14.2. The number of hydrogen-bond donors (Lipinski definition) is 2. The van der Waals surface area contributed by atoms with Crippen molar-refractivity contribution in [3.8, 4) is 5.75 Å². The molecule has 3 aromatic carbocycles. The second-order valence-electron chi connectivity index (χ2n) is 8.34. The highest BCUT2D eigenvalue weighted by atomic mass is 32.2. The molecule has 1 aliphatic rings. The van der Waals surface area contributed by atoms with Gasteiger partial charge in [-0.05, 0) is 73.2 Å². The van der Waals surface area contributed by atoms with Crippen LogP contribution >= 0.6 is 0 Å². The molecule has 0 aliphatic carbocycles. The standard InChI is InChI=1S/C27H23FN2O7S/c1-3-37-21-11-7-17(8-12-21)25(32)23-24(18-5-4-6-19(28)15-18)30(27(34)26(23)33)20-9-13-22(14-10-20)38(35,36)29-16(2)31/h4-15,24,32H,3H2,1-2H3,(H,29,31)/b25-23+. The first-order valence-corrected chi connectivity index (χ1v) is 12.9. The summed E-state index contributed by atoms with van der Waals surface area (Å²) in [4.78, 5) is 38.5. The molecule has 0 aromatic heterocycles. The monoisotopic (exact) mass is 538 g/mol. The largest absolute Gasteiger partial charge is 0.507 e. The van der Waals surface area contributed by atoms with Crippen molar-refractivity contribution in [3.05, 3.63) is 95.3 Å². The van der Waals surface area contributed by atoms with E-state index >= 15 is 0 Å². The van der Waals surface area contributed by atoms with Gasteiger partial charge >= 0.3 is 0 Å². The molecular formula is C27H23FN2O7S. The molecule has 0 radical (unpaired) electrons. The third-order valence-corrected chi connectivity index (χ3v) is 7.20. The minimum absolute atomic E-state index is 0.119. The van der Waals surface area contributed by atoms with Gasteiger partial charge < -0.3 is 9.84 Å². The second-order valence-corrected chi connectivity index (χ2v) is 10.0. The van der Waals surface area contributed by atoms with Crippen LogP contribution in [0.1, 0.15) is 31.0 Å². The van der Waals surface area contributed by atoms with Crippen molar-refractivity contribution in [2.75, 3.05) is 11.5 Å². The van der Waals surface area contributed by atoms with Gasteiger partial charge in [-0.3, -0.25) is 19.3 Å². The first-order chi connectivity index (χ1) is 18.0. The summed E-state index contributed by atoms with van der Waals surface area (Å²) in [7, 11) is -4.14. The van der Waals surface area contributed by atoms with E-state index in [1.807, 2.05) is 11.6 Å². The molecule has 1 aliphatic heterocycles. The van der Waals surface area contributed by atoms with Crippen LogP contribution in [0.2, 0.25) is 0 Å². The van der Waals surface area contributed by atoms with E-state index in [2.05, 4.69) is 0 Å². The van der Waals surface area contributed by atoms with E-state index in [-0.39, 0.29) is 27.3 Å². The van der Waals surface area contributed by atoms with Gasteiger partial charge in [0.15, 0.2) is 0 Å². The Labute approximate surface area is 218 Å². The van der Waals surface area contributed by atoms with E-state index in [9.17, 15) is 32.3 Å². The average molecular weight is 539 g/mol. The second kappa shape index (κ2) is 10.5. The van der Waals surface area contributed by atoms with E-state index in [0.717, 1.165) is 30.0 Å². The summed E-state index contributed by atoms with van der Waals surface area (Å²) in [6.45, 7) is 3.30. The highest BCUT2D eigenvalue weighted by Gasteiger charge is 2.47. The van der Waals surface area contributed by atoms with Crippen LogP contribution in [0.5, 0.6) is 5.75 Å². The zero-order chi connectivity index (χ0) is 27.6. The first-order valence-electron chi connectivity index (χ1n) is 11.5. The molecule has 0 spiro atoms. The molecule has 0 bridgehead atoms. The fourth-order valence-corrected chi connectivity index (χ4v) is 5.15. The lowest BCUT2D eigenvalue weighted by atomic mass is 9.95. The number of ketones is 1. The highest BCUT2D eigenvalue weighted by Crippen LogP contribution is 2.42. The third-order valence-electron chi connectivity index (χ3n) is 5.75. The van der Waals surface area contributed by atoms with Crippen LogP contribution < -0.4 is 14.4 Å². The number of benzene rings is 3. The zero-order valence-electron chi connectivity index (χ0n) is 20.3. The number of sulfonamides is 1. The van der Waals surface area contributed by atoms with Crippen molar-refractivity contribution < 1.29 is 37.0 Å². The Hall–Kier alpha value is -4.51. The Morgan fingerprint density at radius 2 is 1.71 bits per heavy atom. The summed E-state index contributed by atoms with van der Waals surface area (Å²) in [6, 6.07) is 15.2. The third kappa shape index (κ3) is 5.14. The number of nitrogens with one attached hydrogen (secondary N) is 1. The van der Waals surface area contributed by atoms with Gasteiger partial charge in [0.1, 0.15) is 17.3 Å². The number of halogens is 1. The summed E-state index contributed by atoms with van der Waals surface area (Å²) < 4.78 is 46.1. The van der Waals surface area contributed by atoms with E-state index in [1.54, 1.807) is 12.1 Å². The van der Waals surface area contributed by atoms with Crippen molar-refractivity contribution >= 4 is 39.1 Å². The van der Waals surface area contributed by atoms with Gasteiger partial charge in [0, 0.05) is 18.2 Å². The van der Waals surface area contributed by atoms with Crippen molar-refractivity contribution in [3.63, 3.8) is 0 Å². The molecule has 2 N–H and O–H groups in total. The van der Waals surface area contributed by atoms with Crippen molar-refractivity contribution in [1.82, 2.24) is 4.72 Å². The van der Waals surface area contributed by atoms with E-state index in [4.69, 9.17) is 4.74 Å². The summed E-state index contributed by atoms with van der Waals surface area (Å²) in [5.74, 6) is -3.32. The maximum absolute atomic E-state index is 14.2. The van der Waals surface area contributed by atoms with Gasteiger partial charge in [-0.25, -0.2) is 17.5 Å². The normalized spacial score (nSPS) is 16.9. The molecule has 1 unspecified atom stereocenters. The fraction of sp³-hybridized carbons (Fsp3) is 0.148. The Balaban J connectivity index is 1.84. The van der Waals surface area contributed by atoms with Gasteiger partial charge in [0.05, 0.1) is 23.1 Å². The smallest absolute Gasteiger partial charge is 0.300 e. The molecular weight excluding hydrogens is 515 g/mol. The van der Waals surface area contributed by atoms with Crippen LogP contribution in [0.4, 0.5) is 10.1 Å². The van der Waals surface area contributed by atoms with Gasteiger partial charge in [-0.1, -0.05) is 12.1 Å². The molecule has 1 saturated heterocycles. The number of nitrogens with zero attached hydrogens (tertiary/aromatic N) is 1. The quantitative estimate of drug-likeness (QED) is 0.267. The molecule has 38 heavy (non-hydrogen) atoms.